The van der Waals surface area contributed by atoms with Gasteiger partial charge in [-0.05, 0) is 66.6 Å². The average molecular weight is 429 g/mol. The van der Waals surface area contributed by atoms with Gasteiger partial charge >= 0.3 is 0 Å². The summed E-state index contributed by atoms with van der Waals surface area (Å²) in [5.74, 6) is -0.241. The molecule has 2 heterocycles. The molecule has 3 aromatic rings. The first-order valence-corrected chi connectivity index (χ1v) is 10.8. The van der Waals surface area contributed by atoms with E-state index >= 15 is 0 Å². The summed E-state index contributed by atoms with van der Waals surface area (Å²) in [5, 5.41) is 0. The minimum absolute atomic E-state index is 0.122. The van der Waals surface area contributed by atoms with Gasteiger partial charge in [0, 0.05) is 18.8 Å². The molecule has 2 N–H and O–H groups in total. The number of amides is 1. The number of hydrogen-bond acceptors (Lipinski definition) is 4. The predicted octanol–water partition coefficient (Wildman–Crippen LogP) is 4.55. The van der Waals surface area contributed by atoms with E-state index in [2.05, 4.69) is 17.1 Å². The van der Waals surface area contributed by atoms with Gasteiger partial charge < -0.3 is 5.73 Å². The fraction of sp³-hybridized carbons (Fsp3) is 0.269. The van der Waals surface area contributed by atoms with Crippen LogP contribution in [-0.4, -0.2) is 28.8 Å². The summed E-state index contributed by atoms with van der Waals surface area (Å²) in [7, 11) is 1.64. The van der Waals surface area contributed by atoms with Crippen LogP contribution in [0, 0.1) is 5.82 Å². The molecule has 1 aromatic heterocycles. The second-order valence-corrected chi connectivity index (χ2v) is 8.80. The number of nitrogens with zero attached hydrogens (tertiary/aromatic N) is 3. The second-order valence-electron chi connectivity index (χ2n) is 8.80. The lowest BCUT2D eigenvalue weighted by Gasteiger charge is -2.41. The van der Waals surface area contributed by atoms with Gasteiger partial charge in [0.1, 0.15) is 11.4 Å². The van der Waals surface area contributed by atoms with E-state index in [0.29, 0.717) is 17.2 Å². The van der Waals surface area contributed by atoms with Crippen LogP contribution in [-0.2, 0) is 10.3 Å². The van der Waals surface area contributed by atoms with Crippen LogP contribution in [0.15, 0.2) is 71.9 Å². The van der Waals surface area contributed by atoms with Gasteiger partial charge in [-0.15, -0.1) is 0 Å². The molecule has 5 nitrogen and oxygen atoms in total. The number of aromatic nitrogens is 1. The molecule has 1 amide bonds. The highest BCUT2D eigenvalue weighted by atomic mass is 19.1. The third-order valence-electron chi connectivity index (χ3n) is 6.64. The SMILES string of the molecule is CN1C(=O)[C@H](c2ccc(C3CC3)cc2)[C@@](C)(c2ccnc(-c3ccccc3F)c2)N=C1N. The molecule has 0 unspecified atom stereocenters. The molecule has 0 bridgehead atoms. The van der Waals surface area contributed by atoms with Gasteiger partial charge in [0.05, 0.1) is 11.6 Å². The topological polar surface area (TPSA) is 71.6 Å². The zero-order valence-electron chi connectivity index (χ0n) is 18.1. The van der Waals surface area contributed by atoms with E-state index in [1.54, 1.807) is 37.5 Å². The van der Waals surface area contributed by atoms with E-state index in [1.807, 2.05) is 25.1 Å². The molecule has 1 aliphatic carbocycles. The first kappa shape index (κ1) is 20.4. The Morgan fingerprint density at radius 2 is 1.75 bits per heavy atom. The fourth-order valence-electron chi connectivity index (χ4n) is 4.56. The Hall–Kier alpha value is -3.54. The largest absolute Gasteiger partial charge is 0.369 e. The maximum atomic E-state index is 14.4. The van der Waals surface area contributed by atoms with Crippen molar-refractivity contribution >= 4 is 11.9 Å². The maximum absolute atomic E-state index is 14.4. The van der Waals surface area contributed by atoms with E-state index in [-0.39, 0.29) is 17.7 Å². The fourth-order valence-corrected chi connectivity index (χ4v) is 4.56. The van der Waals surface area contributed by atoms with Crippen LogP contribution in [0.1, 0.15) is 48.3 Å². The Kier molecular flexibility index (Phi) is 4.81. The molecule has 5 rings (SSSR count). The van der Waals surface area contributed by atoms with Crippen molar-refractivity contribution in [1.29, 1.82) is 0 Å². The molecule has 0 saturated heterocycles. The van der Waals surface area contributed by atoms with Crippen molar-refractivity contribution in [3.8, 4) is 11.3 Å². The highest BCUT2D eigenvalue weighted by molar-refractivity contribution is 6.02. The van der Waals surface area contributed by atoms with Crippen LogP contribution in [0.4, 0.5) is 4.39 Å². The van der Waals surface area contributed by atoms with Crippen molar-refractivity contribution < 1.29 is 9.18 Å². The number of aliphatic imine (C=N–C) groups is 1. The van der Waals surface area contributed by atoms with Crippen LogP contribution >= 0.6 is 0 Å². The molecule has 0 spiro atoms. The van der Waals surface area contributed by atoms with Gasteiger partial charge in [0.25, 0.3) is 0 Å². The van der Waals surface area contributed by atoms with Gasteiger partial charge in [-0.1, -0.05) is 36.4 Å². The van der Waals surface area contributed by atoms with Crippen molar-refractivity contribution in [2.45, 2.75) is 37.1 Å². The van der Waals surface area contributed by atoms with E-state index in [9.17, 15) is 9.18 Å². The van der Waals surface area contributed by atoms with Crippen molar-refractivity contribution in [3.05, 3.63) is 89.4 Å². The lowest BCUT2D eigenvalue weighted by molar-refractivity contribution is -0.130. The molecule has 1 saturated carbocycles. The third-order valence-corrected chi connectivity index (χ3v) is 6.64. The summed E-state index contributed by atoms with van der Waals surface area (Å²) < 4.78 is 14.4. The van der Waals surface area contributed by atoms with Gasteiger partial charge in [0.2, 0.25) is 5.91 Å². The van der Waals surface area contributed by atoms with Crippen LogP contribution in [0.2, 0.25) is 0 Å². The number of halogens is 1. The minimum Gasteiger partial charge on any atom is -0.369 e. The lowest BCUT2D eigenvalue weighted by Crippen LogP contribution is -2.52. The summed E-state index contributed by atoms with van der Waals surface area (Å²) in [5.41, 5.74) is 9.02. The zero-order valence-corrected chi connectivity index (χ0v) is 18.1. The number of guanidine groups is 1. The molecule has 2 aliphatic rings. The number of carbonyl (C=O) groups is 1. The van der Waals surface area contributed by atoms with Gasteiger partial charge in [-0.25, -0.2) is 9.38 Å². The van der Waals surface area contributed by atoms with Crippen molar-refractivity contribution in [1.82, 2.24) is 9.88 Å². The molecule has 2 atom stereocenters. The first-order valence-electron chi connectivity index (χ1n) is 10.8. The van der Waals surface area contributed by atoms with Crippen molar-refractivity contribution in [3.63, 3.8) is 0 Å². The molecule has 1 aliphatic heterocycles. The Bertz CT molecular complexity index is 1220. The Morgan fingerprint density at radius 3 is 2.44 bits per heavy atom. The van der Waals surface area contributed by atoms with Crippen LogP contribution in [0.3, 0.4) is 0 Å². The van der Waals surface area contributed by atoms with E-state index in [1.165, 1.54) is 29.4 Å². The number of pyridine rings is 1. The van der Waals surface area contributed by atoms with E-state index < -0.39 is 11.5 Å². The van der Waals surface area contributed by atoms with Gasteiger partial charge in [0.15, 0.2) is 5.96 Å². The molecular weight excluding hydrogens is 403 g/mol. The number of nitrogens with two attached hydrogens (primary N) is 1. The summed E-state index contributed by atoms with van der Waals surface area (Å²) in [6.45, 7) is 1.91. The number of likely N-dealkylation sites (N-methyl/N-ethyl adjacent to an activating group) is 1. The van der Waals surface area contributed by atoms with Crippen molar-refractivity contribution in [2.75, 3.05) is 7.05 Å². The summed E-state index contributed by atoms with van der Waals surface area (Å²) in [6.07, 6.45) is 4.07. The number of benzene rings is 2. The predicted molar refractivity (Wildman–Crippen MR) is 123 cm³/mol. The first-order chi connectivity index (χ1) is 15.4. The normalized spacial score (nSPS) is 23.2. The van der Waals surface area contributed by atoms with Crippen molar-refractivity contribution in [2.24, 2.45) is 10.7 Å². The summed E-state index contributed by atoms with van der Waals surface area (Å²) in [6, 6.07) is 18.4. The molecular formula is C26H25FN4O. The molecule has 162 valence electrons. The quantitative estimate of drug-likeness (QED) is 0.663. The van der Waals surface area contributed by atoms with Gasteiger partial charge in [-0.2, -0.15) is 0 Å². The Balaban J connectivity index is 1.63. The lowest BCUT2D eigenvalue weighted by atomic mass is 9.74. The Labute approximate surface area is 186 Å². The minimum atomic E-state index is -0.961. The molecule has 2 aromatic carbocycles. The second kappa shape index (κ2) is 7.55. The van der Waals surface area contributed by atoms with E-state index in [4.69, 9.17) is 10.7 Å². The monoisotopic (exact) mass is 428 g/mol. The third kappa shape index (κ3) is 3.36. The van der Waals surface area contributed by atoms with Crippen LogP contribution in [0.5, 0.6) is 0 Å². The van der Waals surface area contributed by atoms with E-state index in [0.717, 1.165) is 11.1 Å². The number of rotatable bonds is 4. The van der Waals surface area contributed by atoms with Crippen LogP contribution < -0.4 is 5.73 Å². The number of hydrogen-bond donors (Lipinski definition) is 1. The zero-order chi connectivity index (χ0) is 22.5. The Morgan fingerprint density at radius 1 is 1.06 bits per heavy atom. The number of carbonyl (C=O) groups excluding carboxylic acids is 1. The highest BCUT2D eigenvalue weighted by Gasteiger charge is 2.47. The average Bonchev–Trinajstić information content (AvgIpc) is 3.64. The maximum Gasteiger partial charge on any atom is 0.239 e. The smallest absolute Gasteiger partial charge is 0.239 e. The molecule has 1 fully saturated rings. The van der Waals surface area contributed by atoms with Gasteiger partial charge in [-0.3, -0.25) is 14.7 Å². The standard InChI is InChI=1S/C26H25FN4O/c1-26(19-13-14-29-22(15-19)20-5-3-4-6-21(20)27)23(24(32)31(2)25(28)30-26)18-11-9-17(10-12-18)16-7-8-16/h3-6,9-16,23H,7-8H2,1-2H3,(H2,28,30)/t23-,26+/m0/s1. The highest BCUT2D eigenvalue weighted by Crippen LogP contribution is 2.46. The molecule has 0 radical (unpaired) electrons. The molecule has 32 heavy (non-hydrogen) atoms. The molecule has 6 heteroatoms. The summed E-state index contributed by atoms with van der Waals surface area (Å²) in [4.78, 5) is 24.0. The van der Waals surface area contributed by atoms with Crippen LogP contribution in [0.25, 0.3) is 11.3 Å². The summed E-state index contributed by atoms with van der Waals surface area (Å²) >= 11 is 0.